The Morgan fingerprint density at radius 1 is 1.06 bits per heavy atom. The quantitative estimate of drug-likeness (QED) is 0.681. The number of amides is 1. The Labute approximate surface area is 185 Å². The van der Waals surface area contributed by atoms with E-state index in [0.29, 0.717) is 39.0 Å². The van der Waals surface area contributed by atoms with Gasteiger partial charge in [-0.1, -0.05) is 12.1 Å². The fraction of sp³-hybridized carbons (Fsp3) is 0.458. The summed E-state index contributed by atoms with van der Waals surface area (Å²) in [6.45, 7) is 2.82. The largest absolute Gasteiger partial charge is 0.340 e. The van der Waals surface area contributed by atoms with Crippen LogP contribution in [0.2, 0.25) is 0 Å². The van der Waals surface area contributed by atoms with E-state index in [1.165, 1.54) is 0 Å². The average Bonchev–Trinajstić information content (AvgIpc) is 3.16. The number of rotatable bonds is 4. The van der Waals surface area contributed by atoms with Gasteiger partial charge in [0, 0.05) is 64.0 Å². The molecule has 0 aliphatic carbocycles. The molecular weight excluding hydrogens is 409 g/mol. The molecule has 2 aliphatic rings. The summed E-state index contributed by atoms with van der Waals surface area (Å²) in [5.74, 6) is -0.384. The van der Waals surface area contributed by atoms with E-state index < -0.39 is 5.67 Å². The minimum Gasteiger partial charge on any atom is -0.340 e. The van der Waals surface area contributed by atoms with Crippen LogP contribution >= 0.6 is 0 Å². The highest BCUT2D eigenvalue weighted by molar-refractivity contribution is 5.85. The van der Waals surface area contributed by atoms with Crippen molar-refractivity contribution in [1.82, 2.24) is 24.3 Å². The minimum absolute atomic E-state index is 0.0143. The molecule has 0 saturated carbocycles. The van der Waals surface area contributed by atoms with Crippen molar-refractivity contribution in [2.24, 2.45) is 0 Å². The number of halogens is 1. The van der Waals surface area contributed by atoms with E-state index in [4.69, 9.17) is 0 Å². The number of pyridine rings is 1. The number of benzene rings is 1. The van der Waals surface area contributed by atoms with Crippen LogP contribution in [0.15, 0.2) is 53.6 Å². The average molecular weight is 438 g/mol. The number of likely N-dealkylation sites (tertiary alicyclic amines) is 2. The van der Waals surface area contributed by atoms with Gasteiger partial charge in [0.1, 0.15) is 0 Å². The highest BCUT2D eigenvalue weighted by atomic mass is 19.1. The monoisotopic (exact) mass is 437 g/mol. The van der Waals surface area contributed by atoms with Crippen LogP contribution in [0, 0.1) is 0 Å². The molecule has 168 valence electrons. The maximum Gasteiger partial charge on any atom is 0.326 e. The third kappa shape index (κ3) is 3.95. The second-order valence-corrected chi connectivity index (χ2v) is 8.94. The standard InChI is InChI=1S/C24H28FN5O2/c25-24(9-15-28(16-10-24)17-18-5-11-26-12-6-18)22(31)29-13-7-19(8-14-29)30-21-4-2-1-3-20(21)27-23(30)32/h1-6,11-12,19H,7-10,13-17H2,(H,27,32). The fourth-order valence-corrected chi connectivity index (χ4v) is 5.07. The van der Waals surface area contributed by atoms with E-state index in [2.05, 4.69) is 14.9 Å². The first-order chi connectivity index (χ1) is 15.5. The van der Waals surface area contributed by atoms with Gasteiger partial charge < -0.3 is 9.88 Å². The number of piperidine rings is 2. The fourth-order valence-electron chi connectivity index (χ4n) is 5.07. The molecule has 0 atom stereocenters. The highest BCUT2D eigenvalue weighted by Gasteiger charge is 2.44. The summed E-state index contributed by atoms with van der Waals surface area (Å²) in [7, 11) is 0. The third-order valence-electron chi connectivity index (χ3n) is 6.93. The number of fused-ring (bicyclic) bond motifs is 1. The van der Waals surface area contributed by atoms with Gasteiger partial charge in [-0.3, -0.25) is 19.2 Å². The zero-order chi connectivity index (χ0) is 22.1. The summed E-state index contributed by atoms with van der Waals surface area (Å²) >= 11 is 0. The maximum absolute atomic E-state index is 15.6. The lowest BCUT2D eigenvalue weighted by molar-refractivity contribution is -0.148. The molecular formula is C24H28FN5O2. The summed E-state index contributed by atoms with van der Waals surface area (Å²) in [5.41, 5.74) is 0.925. The van der Waals surface area contributed by atoms with Crippen molar-refractivity contribution in [3.63, 3.8) is 0 Å². The lowest BCUT2D eigenvalue weighted by Gasteiger charge is -2.40. The van der Waals surface area contributed by atoms with Crippen molar-refractivity contribution in [1.29, 1.82) is 0 Å². The number of imidazole rings is 1. The van der Waals surface area contributed by atoms with Gasteiger partial charge in [-0.2, -0.15) is 0 Å². The van der Waals surface area contributed by atoms with Crippen molar-refractivity contribution < 1.29 is 9.18 Å². The van der Waals surface area contributed by atoms with Crippen molar-refractivity contribution >= 4 is 16.9 Å². The van der Waals surface area contributed by atoms with E-state index in [1.54, 1.807) is 21.9 Å². The van der Waals surface area contributed by atoms with E-state index in [0.717, 1.165) is 23.1 Å². The number of nitrogens with zero attached hydrogens (tertiary/aromatic N) is 4. The number of carbonyl (C=O) groups excluding carboxylic acids is 1. The molecule has 1 amide bonds. The van der Waals surface area contributed by atoms with Crippen LogP contribution in [-0.4, -0.2) is 62.1 Å². The molecule has 1 aromatic carbocycles. The smallest absolute Gasteiger partial charge is 0.326 e. The molecule has 1 N–H and O–H groups in total. The van der Waals surface area contributed by atoms with E-state index >= 15 is 4.39 Å². The SMILES string of the molecule is O=C(N1CCC(n2c(=O)[nH]c3ccccc32)CC1)C1(F)CCN(Cc2ccncc2)CC1. The first-order valence-corrected chi connectivity index (χ1v) is 11.3. The minimum atomic E-state index is -1.79. The molecule has 2 aromatic heterocycles. The molecule has 32 heavy (non-hydrogen) atoms. The molecule has 0 spiro atoms. The van der Waals surface area contributed by atoms with Gasteiger partial charge in [0.2, 0.25) is 0 Å². The van der Waals surface area contributed by atoms with Crippen LogP contribution in [0.3, 0.4) is 0 Å². The van der Waals surface area contributed by atoms with E-state index in [1.807, 2.05) is 36.4 Å². The molecule has 2 aliphatic heterocycles. The molecule has 2 saturated heterocycles. The topological polar surface area (TPSA) is 74.2 Å². The number of alkyl halides is 1. The third-order valence-corrected chi connectivity index (χ3v) is 6.93. The summed E-state index contributed by atoms with van der Waals surface area (Å²) in [4.78, 5) is 36.3. The van der Waals surface area contributed by atoms with Crippen LogP contribution in [0.4, 0.5) is 4.39 Å². The zero-order valence-corrected chi connectivity index (χ0v) is 18.0. The van der Waals surface area contributed by atoms with E-state index in [-0.39, 0.29) is 30.5 Å². The Bertz CT molecular complexity index is 1140. The van der Waals surface area contributed by atoms with Gasteiger partial charge in [0.25, 0.3) is 5.91 Å². The summed E-state index contributed by atoms with van der Waals surface area (Å²) in [6.07, 6.45) is 5.26. The van der Waals surface area contributed by atoms with Crippen LogP contribution in [0.1, 0.15) is 37.3 Å². The molecule has 0 radical (unpaired) electrons. The number of para-hydroxylation sites is 2. The first-order valence-electron chi connectivity index (χ1n) is 11.3. The molecule has 0 bridgehead atoms. The van der Waals surface area contributed by atoms with E-state index in [9.17, 15) is 9.59 Å². The molecule has 2 fully saturated rings. The van der Waals surface area contributed by atoms with Gasteiger partial charge in [0.05, 0.1) is 11.0 Å². The van der Waals surface area contributed by atoms with Gasteiger partial charge in [-0.05, 0) is 42.7 Å². The number of carbonyl (C=O) groups is 1. The normalized spacial score (nSPS) is 20.0. The number of hydrogen-bond donors (Lipinski definition) is 1. The Morgan fingerprint density at radius 2 is 1.75 bits per heavy atom. The Balaban J connectivity index is 1.19. The van der Waals surface area contributed by atoms with Crippen molar-refractivity contribution in [3.05, 3.63) is 64.8 Å². The second kappa shape index (κ2) is 8.50. The summed E-state index contributed by atoms with van der Waals surface area (Å²) in [6, 6.07) is 11.6. The molecule has 4 heterocycles. The predicted octanol–water partition coefficient (Wildman–Crippen LogP) is 2.89. The summed E-state index contributed by atoms with van der Waals surface area (Å²) in [5, 5.41) is 0. The number of aromatic nitrogens is 3. The first kappa shape index (κ1) is 20.9. The molecule has 3 aromatic rings. The highest BCUT2D eigenvalue weighted by Crippen LogP contribution is 2.32. The van der Waals surface area contributed by atoms with Crippen LogP contribution in [0.5, 0.6) is 0 Å². The molecule has 8 heteroatoms. The molecule has 7 nitrogen and oxygen atoms in total. The van der Waals surface area contributed by atoms with Crippen LogP contribution in [0.25, 0.3) is 11.0 Å². The number of aromatic amines is 1. The van der Waals surface area contributed by atoms with Gasteiger partial charge in [-0.25, -0.2) is 9.18 Å². The van der Waals surface area contributed by atoms with Gasteiger partial charge in [-0.15, -0.1) is 0 Å². The molecule has 5 rings (SSSR count). The van der Waals surface area contributed by atoms with Crippen LogP contribution in [-0.2, 0) is 11.3 Å². The second-order valence-electron chi connectivity index (χ2n) is 8.94. The Morgan fingerprint density at radius 3 is 2.47 bits per heavy atom. The number of H-pyrrole nitrogens is 1. The van der Waals surface area contributed by atoms with Crippen molar-refractivity contribution in [2.45, 2.75) is 43.9 Å². The lowest BCUT2D eigenvalue weighted by Crippen LogP contribution is -2.54. The zero-order valence-electron chi connectivity index (χ0n) is 18.0. The molecule has 0 unspecified atom stereocenters. The number of hydrogen-bond acceptors (Lipinski definition) is 4. The predicted molar refractivity (Wildman–Crippen MR) is 120 cm³/mol. The van der Waals surface area contributed by atoms with Crippen molar-refractivity contribution in [3.8, 4) is 0 Å². The van der Waals surface area contributed by atoms with Crippen molar-refractivity contribution in [2.75, 3.05) is 26.2 Å². The van der Waals surface area contributed by atoms with Crippen LogP contribution < -0.4 is 5.69 Å². The van der Waals surface area contributed by atoms with Gasteiger partial charge >= 0.3 is 5.69 Å². The Hall–Kier alpha value is -3.00. The maximum atomic E-state index is 15.6. The Kier molecular flexibility index (Phi) is 5.55. The lowest BCUT2D eigenvalue weighted by atomic mass is 9.90. The number of nitrogens with one attached hydrogen (secondary N) is 1. The summed E-state index contributed by atoms with van der Waals surface area (Å²) < 4.78 is 17.4. The van der Waals surface area contributed by atoms with Gasteiger partial charge in [0.15, 0.2) is 5.67 Å².